The Kier molecular flexibility index (Phi) is 2.83. The van der Waals surface area contributed by atoms with Crippen LogP contribution in [-0.2, 0) is 0 Å². The van der Waals surface area contributed by atoms with E-state index in [1.165, 1.54) is 6.33 Å². The van der Waals surface area contributed by atoms with Crippen LogP contribution in [0.3, 0.4) is 0 Å². The molecule has 0 atom stereocenters. The maximum absolute atomic E-state index is 5.92. The quantitative estimate of drug-likeness (QED) is 0.858. The molecule has 2 aromatic heterocycles. The number of hydrogen-bond donors (Lipinski definition) is 1. The molecule has 5 nitrogen and oxygen atoms in total. The summed E-state index contributed by atoms with van der Waals surface area (Å²) in [4.78, 5) is 8.36. The summed E-state index contributed by atoms with van der Waals surface area (Å²) in [6.45, 7) is 8.11. The van der Waals surface area contributed by atoms with E-state index in [0.717, 1.165) is 22.8 Å². The maximum atomic E-state index is 5.92. The Morgan fingerprint density at radius 3 is 2.47 bits per heavy atom. The van der Waals surface area contributed by atoms with E-state index in [2.05, 4.69) is 28.9 Å². The lowest BCUT2D eigenvalue weighted by atomic mass is 10.0. The van der Waals surface area contributed by atoms with Gasteiger partial charge in [-0.25, -0.2) is 14.6 Å². The van der Waals surface area contributed by atoms with Gasteiger partial charge < -0.3 is 5.73 Å². The van der Waals surface area contributed by atoms with Crippen LogP contribution in [-0.4, -0.2) is 19.7 Å². The lowest BCUT2D eigenvalue weighted by molar-refractivity contribution is 0.755. The molecule has 2 N–H and O–H groups in total. The van der Waals surface area contributed by atoms with E-state index in [0.29, 0.717) is 5.82 Å². The number of aromatic nitrogens is 4. The number of rotatable bonds is 2. The van der Waals surface area contributed by atoms with Crippen molar-refractivity contribution >= 4 is 5.82 Å². The molecule has 0 fully saturated rings. The van der Waals surface area contributed by atoms with Crippen molar-refractivity contribution in [2.24, 2.45) is 0 Å². The SMILES string of the molecule is Cc1cc(C)n(-c2ncnc(N)c2C(C)C)n1. The summed E-state index contributed by atoms with van der Waals surface area (Å²) in [7, 11) is 0. The van der Waals surface area contributed by atoms with Crippen molar-refractivity contribution in [1.29, 1.82) is 0 Å². The zero-order chi connectivity index (χ0) is 12.6. The average Bonchev–Trinajstić information content (AvgIpc) is 2.56. The minimum Gasteiger partial charge on any atom is -0.383 e. The molecule has 0 spiro atoms. The van der Waals surface area contributed by atoms with Crippen molar-refractivity contribution in [3.8, 4) is 5.82 Å². The molecule has 2 heterocycles. The van der Waals surface area contributed by atoms with E-state index in [1.54, 1.807) is 0 Å². The second-order valence-electron chi connectivity index (χ2n) is 4.49. The van der Waals surface area contributed by atoms with Crippen LogP contribution in [0, 0.1) is 13.8 Å². The highest BCUT2D eigenvalue weighted by molar-refractivity contribution is 5.50. The topological polar surface area (TPSA) is 69.6 Å². The van der Waals surface area contributed by atoms with E-state index < -0.39 is 0 Å². The molecule has 2 rings (SSSR count). The van der Waals surface area contributed by atoms with Crippen molar-refractivity contribution < 1.29 is 0 Å². The summed E-state index contributed by atoms with van der Waals surface area (Å²) < 4.78 is 1.82. The Labute approximate surface area is 101 Å². The van der Waals surface area contributed by atoms with Crippen LogP contribution in [0.1, 0.15) is 36.7 Å². The van der Waals surface area contributed by atoms with Gasteiger partial charge in [-0.3, -0.25) is 0 Å². The molecular weight excluding hydrogens is 214 g/mol. The Hall–Kier alpha value is -1.91. The first-order valence-electron chi connectivity index (χ1n) is 5.64. The molecular formula is C12H17N5. The van der Waals surface area contributed by atoms with Gasteiger partial charge in [0.1, 0.15) is 12.1 Å². The minimum atomic E-state index is 0.259. The molecule has 0 radical (unpaired) electrons. The molecule has 0 aliphatic rings. The number of aryl methyl sites for hydroxylation is 2. The molecule has 90 valence electrons. The van der Waals surface area contributed by atoms with Gasteiger partial charge in [0, 0.05) is 11.3 Å². The number of nitrogens with two attached hydrogens (primary N) is 1. The van der Waals surface area contributed by atoms with Crippen LogP contribution < -0.4 is 5.73 Å². The molecule has 0 saturated carbocycles. The largest absolute Gasteiger partial charge is 0.383 e. The molecule has 5 heteroatoms. The highest BCUT2D eigenvalue weighted by atomic mass is 15.3. The maximum Gasteiger partial charge on any atom is 0.162 e. The normalized spacial score (nSPS) is 11.1. The van der Waals surface area contributed by atoms with Gasteiger partial charge in [-0.2, -0.15) is 5.10 Å². The third-order valence-electron chi connectivity index (χ3n) is 2.68. The molecule has 17 heavy (non-hydrogen) atoms. The molecule has 2 aromatic rings. The Balaban J connectivity index is 2.67. The fourth-order valence-corrected chi connectivity index (χ4v) is 1.97. The van der Waals surface area contributed by atoms with Gasteiger partial charge in [0.05, 0.1) is 5.69 Å². The predicted molar refractivity (Wildman–Crippen MR) is 67.1 cm³/mol. The van der Waals surface area contributed by atoms with Crippen molar-refractivity contribution in [2.75, 3.05) is 5.73 Å². The van der Waals surface area contributed by atoms with Crippen LogP contribution in [0.25, 0.3) is 5.82 Å². The second kappa shape index (κ2) is 4.16. The lowest BCUT2D eigenvalue weighted by Gasteiger charge is -2.14. The van der Waals surface area contributed by atoms with E-state index in [4.69, 9.17) is 5.73 Å². The van der Waals surface area contributed by atoms with Gasteiger partial charge in [-0.15, -0.1) is 0 Å². The van der Waals surface area contributed by atoms with E-state index >= 15 is 0 Å². The van der Waals surface area contributed by atoms with Gasteiger partial charge in [-0.1, -0.05) is 13.8 Å². The highest BCUT2D eigenvalue weighted by Crippen LogP contribution is 2.25. The molecule has 0 aliphatic carbocycles. The predicted octanol–water partition coefficient (Wildman–Crippen LogP) is 1.98. The molecule has 0 aliphatic heterocycles. The molecule has 0 saturated heterocycles. The van der Waals surface area contributed by atoms with Crippen molar-refractivity contribution in [3.63, 3.8) is 0 Å². The van der Waals surface area contributed by atoms with Crippen LogP contribution in [0.2, 0.25) is 0 Å². The first kappa shape index (κ1) is 11.6. The molecule has 0 amide bonds. The Bertz CT molecular complexity index is 542. The Morgan fingerprint density at radius 1 is 1.24 bits per heavy atom. The third-order valence-corrected chi connectivity index (χ3v) is 2.68. The summed E-state index contributed by atoms with van der Waals surface area (Å²) >= 11 is 0. The van der Waals surface area contributed by atoms with Gasteiger partial charge in [0.15, 0.2) is 5.82 Å². The molecule has 0 unspecified atom stereocenters. The van der Waals surface area contributed by atoms with Crippen molar-refractivity contribution in [3.05, 3.63) is 29.3 Å². The monoisotopic (exact) mass is 231 g/mol. The first-order chi connectivity index (χ1) is 8.00. The Morgan fingerprint density at radius 2 is 1.94 bits per heavy atom. The van der Waals surface area contributed by atoms with Crippen LogP contribution in [0.5, 0.6) is 0 Å². The summed E-state index contributed by atoms with van der Waals surface area (Å²) in [5.41, 5.74) is 8.88. The smallest absolute Gasteiger partial charge is 0.162 e. The fourth-order valence-electron chi connectivity index (χ4n) is 1.97. The summed E-state index contributed by atoms with van der Waals surface area (Å²) in [6, 6.07) is 2.02. The van der Waals surface area contributed by atoms with E-state index in [1.807, 2.05) is 24.6 Å². The van der Waals surface area contributed by atoms with Gasteiger partial charge in [0.25, 0.3) is 0 Å². The highest BCUT2D eigenvalue weighted by Gasteiger charge is 2.16. The van der Waals surface area contributed by atoms with Gasteiger partial charge in [0.2, 0.25) is 0 Å². The summed E-state index contributed by atoms with van der Waals surface area (Å²) in [6.07, 6.45) is 1.48. The van der Waals surface area contributed by atoms with E-state index in [9.17, 15) is 0 Å². The second-order valence-corrected chi connectivity index (χ2v) is 4.49. The third kappa shape index (κ3) is 2.00. The molecule has 0 bridgehead atoms. The van der Waals surface area contributed by atoms with Gasteiger partial charge in [-0.05, 0) is 25.8 Å². The number of anilines is 1. The molecule has 0 aromatic carbocycles. The van der Waals surface area contributed by atoms with Crippen LogP contribution in [0.4, 0.5) is 5.82 Å². The number of nitrogen functional groups attached to an aromatic ring is 1. The van der Waals surface area contributed by atoms with Crippen LogP contribution >= 0.6 is 0 Å². The standard InChI is InChI=1S/C12H17N5/c1-7(2)10-11(13)14-6-15-12(10)17-9(4)5-8(3)16-17/h5-7H,1-4H3,(H2,13,14,15). The van der Waals surface area contributed by atoms with E-state index in [-0.39, 0.29) is 5.92 Å². The van der Waals surface area contributed by atoms with Crippen molar-refractivity contribution in [2.45, 2.75) is 33.6 Å². The minimum absolute atomic E-state index is 0.259. The first-order valence-corrected chi connectivity index (χ1v) is 5.64. The fraction of sp³-hybridized carbons (Fsp3) is 0.417. The number of nitrogens with zero attached hydrogens (tertiary/aromatic N) is 4. The van der Waals surface area contributed by atoms with Crippen LogP contribution in [0.15, 0.2) is 12.4 Å². The summed E-state index contributed by atoms with van der Waals surface area (Å²) in [5.74, 6) is 1.56. The number of hydrogen-bond acceptors (Lipinski definition) is 4. The summed E-state index contributed by atoms with van der Waals surface area (Å²) in [5, 5.41) is 4.44. The van der Waals surface area contributed by atoms with Crippen molar-refractivity contribution in [1.82, 2.24) is 19.7 Å². The zero-order valence-electron chi connectivity index (χ0n) is 10.6. The lowest BCUT2D eigenvalue weighted by Crippen LogP contribution is -2.11. The van der Waals surface area contributed by atoms with Gasteiger partial charge >= 0.3 is 0 Å². The average molecular weight is 231 g/mol. The zero-order valence-corrected chi connectivity index (χ0v) is 10.6.